The maximum absolute atomic E-state index is 12.6. The molecule has 3 aromatic rings. The molecule has 1 amide bonds. The van der Waals surface area contributed by atoms with E-state index in [-0.39, 0.29) is 5.91 Å². The first-order chi connectivity index (χ1) is 11.1. The fourth-order valence-corrected chi connectivity index (χ4v) is 2.68. The zero-order valence-corrected chi connectivity index (χ0v) is 13.7. The van der Waals surface area contributed by atoms with E-state index < -0.39 is 0 Å². The highest BCUT2D eigenvalue weighted by atomic mass is 16.2. The van der Waals surface area contributed by atoms with E-state index in [2.05, 4.69) is 17.0 Å². The van der Waals surface area contributed by atoms with Gasteiger partial charge in [-0.2, -0.15) is 5.10 Å². The maximum atomic E-state index is 12.6. The summed E-state index contributed by atoms with van der Waals surface area (Å²) in [6.45, 7) is 5.47. The van der Waals surface area contributed by atoms with Crippen LogP contribution in [-0.4, -0.2) is 37.0 Å². The van der Waals surface area contributed by atoms with Crippen LogP contribution in [0.5, 0.6) is 0 Å². The number of aryl methyl sites for hydroxylation is 2. The second-order valence-electron chi connectivity index (χ2n) is 5.75. The first kappa shape index (κ1) is 15.3. The molecule has 120 valence electrons. The van der Waals surface area contributed by atoms with Crippen LogP contribution in [0, 0.1) is 6.92 Å². The van der Waals surface area contributed by atoms with Gasteiger partial charge in [0.25, 0.3) is 5.91 Å². The lowest BCUT2D eigenvalue weighted by atomic mass is 10.3. The van der Waals surface area contributed by atoms with Gasteiger partial charge < -0.3 is 9.30 Å². The summed E-state index contributed by atoms with van der Waals surface area (Å²) in [6.07, 6.45) is 4.67. The fraction of sp³-hybridized carbons (Fsp3) is 0.353. The van der Waals surface area contributed by atoms with Gasteiger partial charge in [-0.3, -0.25) is 9.48 Å². The number of rotatable bonds is 5. The topological polar surface area (TPSA) is 55.4 Å². The number of fused-ring (bicyclic) bond motifs is 1. The summed E-state index contributed by atoms with van der Waals surface area (Å²) in [5, 5.41) is 4.48. The predicted molar refractivity (Wildman–Crippen MR) is 88.2 cm³/mol. The number of carbonyl (C=O) groups excluding carboxylic acids is 1. The van der Waals surface area contributed by atoms with Crippen molar-refractivity contribution in [2.24, 2.45) is 0 Å². The second-order valence-corrected chi connectivity index (χ2v) is 5.75. The number of hydrogen-bond acceptors (Lipinski definition) is 3. The summed E-state index contributed by atoms with van der Waals surface area (Å²) in [7, 11) is 1.80. The van der Waals surface area contributed by atoms with Gasteiger partial charge in [-0.15, -0.1) is 0 Å². The van der Waals surface area contributed by atoms with E-state index in [0.717, 1.165) is 30.0 Å². The predicted octanol–water partition coefficient (Wildman–Crippen LogP) is 2.52. The number of pyridine rings is 1. The number of aromatic nitrogens is 4. The maximum Gasteiger partial charge on any atom is 0.274 e. The van der Waals surface area contributed by atoms with Crippen molar-refractivity contribution >= 4 is 11.6 Å². The molecule has 0 bridgehead atoms. The molecule has 0 radical (unpaired) electrons. The Hall–Kier alpha value is -2.63. The first-order valence-corrected chi connectivity index (χ1v) is 7.81. The van der Waals surface area contributed by atoms with Crippen molar-refractivity contribution in [3.05, 3.63) is 53.7 Å². The monoisotopic (exact) mass is 311 g/mol. The molecule has 0 spiro atoms. The highest BCUT2D eigenvalue weighted by Crippen LogP contribution is 2.11. The van der Waals surface area contributed by atoms with Gasteiger partial charge >= 0.3 is 0 Å². The van der Waals surface area contributed by atoms with Gasteiger partial charge in [0.05, 0.1) is 17.9 Å². The fourth-order valence-electron chi connectivity index (χ4n) is 2.68. The van der Waals surface area contributed by atoms with Crippen molar-refractivity contribution in [3.63, 3.8) is 0 Å². The van der Waals surface area contributed by atoms with Gasteiger partial charge in [0.15, 0.2) is 0 Å². The van der Waals surface area contributed by atoms with Crippen molar-refractivity contribution in [2.75, 3.05) is 7.05 Å². The number of imidazole rings is 1. The molecule has 3 rings (SSSR count). The molecule has 0 fully saturated rings. The number of nitrogens with zero attached hydrogens (tertiary/aromatic N) is 5. The molecule has 0 saturated heterocycles. The Morgan fingerprint density at radius 1 is 1.35 bits per heavy atom. The second kappa shape index (κ2) is 6.24. The zero-order valence-electron chi connectivity index (χ0n) is 13.7. The van der Waals surface area contributed by atoms with Gasteiger partial charge in [0, 0.05) is 26.0 Å². The average Bonchev–Trinajstić information content (AvgIpc) is 3.10. The molecule has 0 aliphatic rings. The van der Waals surface area contributed by atoms with Crippen LogP contribution in [0.25, 0.3) is 5.65 Å². The summed E-state index contributed by atoms with van der Waals surface area (Å²) in [5.74, 6) is -0.0874. The smallest absolute Gasteiger partial charge is 0.274 e. The Bertz CT molecular complexity index is 799. The molecule has 6 nitrogen and oxygen atoms in total. The van der Waals surface area contributed by atoms with Crippen LogP contribution in [0.1, 0.15) is 35.2 Å². The minimum Gasteiger partial charge on any atom is -0.334 e. The zero-order chi connectivity index (χ0) is 16.4. The summed E-state index contributed by atoms with van der Waals surface area (Å²) in [6, 6.07) is 7.74. The molecule has 0 aromatic carbocycles. The molecular weight excluding hydrogens is 290 g/mol. The standard InChI is InChI=1S/C17H21N5O/c1-4-8-22-14(10-13(2)19-22)11-20(3)17(23)15-12-21-9-6-5-7-16(21)18-15/h5-7,9-10,12H,4,8,11H2,1-3H3. The van der Waals surface area contributed by atoms with Crippen LogP contribution in [0.15, 0.2) is 36.7 Å². The summed E-state index contributed by atoms with van der Waals surface area (Å²) in [5.41, 5.74) is 3.25. The van der Waals surface area contributed by atoms with Crippen LogP contribution in [-0.2, 0) is 13.1 Å². The summed E-state index contributed by atoms with van der Waals surface area (Å²) < 4.78 is 3.83. The lowest BCUT2D eigenvalue weighted by Gasteiger charge is -2.16. The van der Waals surface area contributed by atoms with E-state index in [4.69, 9.17) is 0 Å². The van der Waals surface area contributed by atoms with Crippen LogP contribution in [0.3, 0.4) is 0 Å². The van der Waals surface area contributed by atoms with E-state index in [9.17, 15) is 4.79 Å². The van der Waals surface area contributed by atoms with Crippen molar-refractivity contribution in [2.45, 2.75) is 33.4 Å². The largest absolute Gasteiger partial charge is 0.334 e. The lowest BCUT2D eigenvalue weighted by molar-refractivity contribution is 0.0776. The van der Waals surface area contributed by atoms with Gasteiger partial charge in [0.1, 0.15) is 11.3 Å². The third kappa shape index (κ3) is 3.11. The molecule has 0 aliphatic heterocycles. The van der Waals surface area contributed by atoms with Crippen LogP contribution < -0.4 is 0 Å². The molecule has 23 heavy (non-hydrogen) atoms. The first-order valence-electron chi connectivity index (χ1n) is 7.81. The third-order valence-corrected chi connectivity index (χ3v) is 3.75. The number of carbonyl (C=O) groups is 1. The Labute approximate surface area is 135 Å². The van der Waals surface area contributed by atoms with Gasteiger partial charge in [-0.05, 0) is 31.5 Å². The Balaban J connectivity index is 1.79. The highest BCUT2D eigenvalue weighted by Gasteiger charge is 2.17. The minimum absolute atomic E-state index is 0.0874. The molecule has 0 atom stereocenters. The van der Waals surface area contributed by atoms with Crippen LogP contribution in [0.4, 0.5) is 0 Å². The molecule has 3 aromatic heterocycles. The Morgan fingerprint density at radius 2 is 2.17 bits per heavy atom. The van der Waals surface area contributed by atoms with E-state index >= 15 is 0 Å². The van der Waals surface area contributed by atoms with Crippen molar-refractivity contribution < 1.29 is 4.79 Å². The quantitative estimate of drug-likeness (QED) is 0.727. The van der Waals surface area contributed by atoms with E-state index in [1.807, 2.05) is 46.5 Å². The molecule has 6 heteroatoms. The lowest BCUT2D eigenvalue weighted by Crippen LogP contribution is -2.27. The summed E-state index contributed by atoms with van der Waals surface area (Å²) >= 11 is 0. The van der Waals surface area contributed by atoms with Crippen molar-refractivity contribution in [1.29, 1.82) is 0 Å². The number of hydrogen-bond donors (Lipinski definition) is 0. The minimum atomic E-state index is -0.0874. The van der Waals surface area contributed by atoms with Gasteiger partial charge in [0.2, 0.25) is 0 Å². The number of amides is 1. The van der Waals surface area contributed by atoms with E-state index in [1.165, 1.54) is 0 Å². The molecule has 3 heterocycles. The molecule has 0 aliphatic carbocycles. The third-order valence-electron chi connectivity index (χ3n) is 3.75. The molecule has 0 N–H and O–H groups in total. The molecule has 0 saturated carbocycles. The average molecular weight is 311 g/mol. The Morgan fingerprint density at radius 3 is 2.91 bits per heavy atom. The van der Waals surface area contributed by atoms with Crippen LogP contribution >= 0.6 is 0 Å². The van der Waals surface area contributed by atoms with Gasteiger partial charge in [-0.25, -0.2) is 4.98 Å². The van der Waals surface area contributed by atoms with E-state index in [1.54, 1.807) is 18.1 Å². The molecular formula is C17H21N5O. The summed E-state index contributed by atoms with van der Waals surface area (Å²) in [4.78, 5) is 18.7. The van der Waals surface area contributed by atoms with Crippen molar-refractivity contribution in [3.8, 4) is 0 Å². The van der Waals surface area contributed by atoms with E-state index in [0.29, 0.717) is 12.2 Å². The van der Waals surface area contributed by atoms with Gasteiger partial charge in [-0.1, -0.05) is 13.0 Å². The molecule has 0 unspecified atom stereocenters. The van der Waals surface area contributed by atoms with Crippen LogP contribution in [0.2, 0.25) is 0 Å². The Kier molecular flexibility index (Phi) is 4.14. The highest BCUT2D eigenvalue weighted by molar-refractivity contribution is 5.92. The van der Waals surface area contributed by atoms with Crippen molar-refractivity contribution in [1.82, 2.24) is 24.1 Å². The normalized spacial score (nSPS) is 11.1. The SMILES string of the molecule is CCCn1nc(C)cc1CN(C)C(=O)c1cn2ccccc2n1.